The first-order valence-electron chi connectivity index (χ1n) is 9.63. The summed E-state index contributed by atoms with van der Waals surface area (Å²) in [6.45, 7) is 1.26. The Morgan fingerprint density at radius 3 is 1.57 bits per heavy atom. The Bertz CT molecular complexity index is 675. The Hall–Kier alpha value is -1.36. The molecule has 2 N–H and O–H groups in total. The lowest BCUT2D eigenvalue weighted by atomic mass is 10.3. The number of hydrogen-bond acceptors (Lipinski definition) is 8. The van der Waals surface area contributed by atoms with Crippen molar-refractivity contribution in [3.63, 3.8) is 0 Å². The fraction of sp³-hybridized carbons (Fsp3) is 0.400. The molecule has 0 saturated carbocycles. The van der Waals surface area contributed by atoms with Gasteiger partial charge in [0.1, 0.15) is 0 Å². The van der Waals surface area contributed by atoms with Crippen LogP contribution in [0.3, 0.4) is 0 Å². The second-order valence-electron chi connectivity index (χ2n) is 5.87. The van der Waals surface area contributed by atoms with E-state index in [0.717, 1.165) is 45.9 Å². The summed E-state index contributed by atoms with van der Waals surface area (Å²) in [5, 5.41) is 7.76. The minimum absolute atomic E-state index is 0.00150. The number of hydrogen-bond donors (Lipinski definition) is 2. The average Bonchev–Trinajstić information content (AvgIpc) is 2.78. The number of amides is 2. The van der Waals surface area contributed by atoms with Gasteiger partial charge < -0.3 is 10.6 Å². The molecule has 0 unspecified atom stereocenters. The second kappa shape index (κ2) is 16.3. The quantitative estimate of drug-likeness (QED) is 0.304. The van der Waals surface area contributed by atoms with E-state index in [2.05, 4.69) is 20.6 Å². The van der Waals surface area contributed by atoms with E-state index < -0.39 is 0 Å². The van der Waals surface area contributed by atoms with Crippen LogP contribution in [0.15, 0.2) is 58.8 Å². The van der Waals surface area contributed by atoms with Crippen molar-refractivity contribution in [2.75, 3.05) is 36.1 Å². The van der Waals surface area contributed by atoms with Crippen molar-refractivity contribution >= 4 is 57.5 Å². The zero-order valence-electron chi connectivity index (χ0n) is 16.6. The van der Waals surface area contributed by atoms with Gasteiger partial charge in [0.15, 0.2) is 0 Å². The van der Waals surface area contributed by atoms with E-state index >= 15 is 0 Å². The molecule has 6 nitrogen and oxygen atoms in total. The van der Waals surface area contributed by atoms with Crippen LogP contribution in [-0.2, 0) is 0 Å². The average molecular weight is 483 g/mol. The Morgan fingerprint density at radius 1 is 0.700 bits per heavy atom. The zero-order valence-corrected chi connectivity index (χ0v) is 19.9. The van der Waals surface area contributed by atoms with E-state index in [-0.39, 0.29) is 10.5 Å². The molecule has 0 aromatic carbocycles. The number of aromatic nitrogens is 2. The molecule has 0 aliphatic rings. The molecule has 0 bridgehead atoms. The molecule has 0 fully saturated rings. The van der Waals surface area contributed by atoms with Gasteiger partial charge in [0, 0.05) is 48.5 Å². The molecule has 2 aromatic rings. The summed E-state index contributed by atoms with van der Waals surface area (Å²) in [6.07, 6.45) is 5.23. The maximum Gasteiger partial charge on any atom is 0.279 e. The lowest BCUT2D eigenvalue weighted by Crippen LogP contribution is -2.23. The zero-order chi connectivity index (χ0) is 21.3. The van der Waals surface area contributed by atoms with Gasteiger partial charge in [-0.3, -0.25) is 9.59 Å². The number of nitrogens with one attached hydrogen (secondary N) is 2. The van der Waals surface area contributed by atoms with Crippen LogP contribution >= 0.6 is 47.0 Å². The molecule has 0 atom stereocenters. The molecule has 2 heterocycles. The number of pyridine rings is 2. The van der Waals surface area contributed by atoms with Crippen molar-refractivity contribution in [2.45, 2.75) is 22.9 Å². The number of carbonyl (C=O) groups is 2. The third kappa shape index (κ3) is 12.4. The Balaban J connectivity index is 1.36. The topological polar surface area (TPSA) is 84.0 Å². The van der Waals surface area contributed by atoms with Crippen molar-refractivity contribution in [2.24, 2.45) is 0 Å². The smallest absolute Gasteiger partial charge is 0.279 e. The third-order valence-electron chi connectivity index (χ3n) is 3.55. The van der Waals surface area contributed by atoms with Gasteiger partial charge in [0.05, 0.1) is 10.1 Å². The molecule has 2 rings (SSSR count). The summed E-state index contributed by atoms with van der Waals surface area (Å²) in [7, 11) is 0. The SMILES string of the molecule is O=C(NCCCCNC(=O)SCCSc1ccccn1)SCCSc1ccccn1. The van der Waals surface area contributed by atoms with Gasteiger partial charge in [0.25, 0.3) is 10.5 Å². The number of carbonyl (C=O) groups excluding carboxylic acids is 2. The molecule has 0 saturated heterocycles. The summed E-state index contributed by atoms with van der Waals surface area (Å²) < 4.78 is 0. The van der Waals surface area contributed by atoms with E-state index in [1.807, 2.05) is 36.4 Å². The molecule has 162 valence electrons. The van der Waals surface area contributed by atoms with E-state index in [4.69, 9.17) is 0 Å². The normalized spacial score (nSPS) is 10.5. The molecule has 10 heteroatoms. The van der Waals surface area contributed by atoms with E-state index in [9.17, 15) is 9.59 Å². The molecule has 0 aliphatic heterocycles. The number of thioether (sulfide) groups is 4. The molecule has 0 spiro atoms. The number of nitrogens with zero attached hydrogens (tertiary/aromatic N) is 2. The molecule has 30 heavy (non-hydrogen) atoms. The molecule has 0 aliphatic carbocycles. The van der Waals surface area contributed by atoms with Crippen LogP contribution in [-0.4, -0.2) is 56.5 Å². The third-order valence-corrected chi connectivity index (χ3v) is 7.59. The molecular formula is C20H26N4O2S4. The minimum atomic E-state index is 0.00150. The van der Waals surface area contributed by atoms with Crippen molar-refractivity contribution in [1.29, 1.82) is 0 Å². The van der Waals surface area contributed by atoms with E-state index in [1.54, 1.807) is 35.9 Å². The van der Waals surface area contributed by atoms with Crippen LogP contribution in [0.5, 0.6) is 0 Å². The number of rotatable bonds is 13. The monoisotopic (exact) mass is 482 g/mol. The minimum Gasteiger partial charge on any atom is -0.347 e. The Kier molecular flexibility index (Phi) is 13.6. The van der Waals surface area contributed by atoms with Crippen molar-refractivity contribution in [3.05, 3.63) is 48.8 Å². The van der Waals surface area contributed by atoms with Crippen molar-refractivity contribution in [1.82, 2.24) is 20.6 Å². The fourth-order valence-corrected chi connectivity index (χ4v) is 5.31. The largest absolute Gasteiger partial charge is 0.347 e. The van der Waals surface area contributed by atoms with E-state index in [1.165, 1.54) is 23.5 Å². The van der Waals surface area contributed by atoms with E-state index in [0.29, 0.717) is 13.1 Å². The predicted octanol–water partition coefficient (Wildman–Crippen LogP) is 5.03. The van der Waals surface area contributed by atoms with Gasteiger partial charge in [-0.05, 0) is 37.1 Å². The van der Waals surface area contributed by atoms with Crippen LogP contribution in [0.2, 0.25) is 0 Å². The van der Waals surface area contributed by atoms with Crippen molar-refractivity contribution in [3.8, 4) is 0 Å². The highest BCUT2D eigenvalue weighted by atomic mass is 32.2. The predicted molar refractivity (Wildman–Crippen MR) is 131 cm³/mol. The molecular weight excluding hydrogens is 457 g/mol. The maximum absolute atomic E-state index is 11.8. The van der Waals surface area contributed by atoms with Crippen molar-refractivity contribution < 1.29 is 9.59 Å². The second-order valence-corrected chi connectivity index (χ2v) is 10.2. The maximum atomic E-state index is 11.8. The standard InChI is InChI=1S/C20H26N4O2S4/c25-19(29-15-13-27-17-7-1-3-9-21-17)23-11-5-6-12-24-20(26)30-16-14-28-18-8-2-4-10-22-18/h1-4,7-10H,5-6,11-16H2,(H,23,25)(H,24,26). The molecule has 2 amide bonds. The summed E-state index contributed by atoms with van der Waals surface area (Å²) in [6, 6.07) is 11.6. The number of unbranched alkanes of at least 4 members (excludes halogenated alkanes) is 1. The van der Waals surface area contributed by atoms with Gasteiger partial charge in [-0.1, -0.05) is 35.7 Å². The van der Waals surface area contributed by atoms with Crippen LogP contribution < -0.4 is 10.6 Å². The Morgan fingerprint density at radius 2 is 1.17 bits per heavy atom. The summed E-state index contributed by atoms with van der Waals surface area (Å²) >= 11 is 5.89. The highest BCUT2D eigenvalue weighted by Crippen LogP contribution is 2.17. The van der Waals surface area contributed by atoms with Gasteiger partial charge in [-0.25, -0.2) is 9.97 Å². The van der Waals surface area contributed by atoms with Gasteiger partial charge in [0.2, 0.25) is 0 Å². The highest BCUT2D eigenvalue weighted by Gasteiger charge is 2.04. The Labute approximate surface area is 194 Å². The van der Waals surface area contributed by atoms with Gasteiger partial charge >= 0.3 is 0 Å². The van der Waals surface area contributed by atoms with Gasteiger partial charge in [-0.15, -0.1) is 23.5 Å². The fourth-order valence-electron chi connectivity index (χ4n) is 2.16. The molecule has 0 radical (unpaired) electrons. The van der Waals surface area contributed by atoms with Crippen LogP contribution in [0, 0.1) is 0 Å². The first-order valence-corrected chi connectivity index (χ1v) is 13.6. The van der Waals surface area contributed by atoms with Crippen LogP contribution in [0.1, 0.15) is 12.8 Å². The van der Waals surface area contributed by atoms with Crippen LogP contribution in [0.25, 0.3) is 0 Å². The van der Waals surface area contributed by atoms with Gasteiger partial charge in [-0.2, -0.15) is 0 Å². The molecule has 2 aromatic heterocycles. The highest BCUT2D eigenvalue weighted by molar-refractivity contribution is 8.14. The lowest BCUT2D eigenvalue weighted by molar-refractivity contribution is 0.258. The summed E-state index contributed by atoms with van der Waals surface area (Å²) in [5.41, 5.74) is 0. The summed E-state index contributed by atoms with van der Waals surface area (Å²) in [5.74, 6) is 3.19. The first-order chi connectivity index (χ1) is 14.7. The van der Waals surface area contributed by atoms with Crippen LogP contribution in [0.4, 0.5) is 9.59 Å². The first kappa shape index (κ1) is 24.9. The lowest BCUT2D eigenvalue weighted by Gasteiger charge is -2.06. The summed E-state index contributed by atoms with van der Waals surface area (Å²) in [4.78, 5) is 32.1.